The number of benzene rings is 1. The molecule has 0 radical (unpaired) electrons. The highest BCUT2D eigenvalue weighted by atomic mass is 16.6. The van der Waals surface area contributed by atoms with Crippen molar-refractivity contribution in [3.05, 3.63) is 70.8 Å². The third-order valence-electron chi connectivity index (χ3n) is 6.59. The fraction of sp³-hybridized carbons (Fsp3) is 0.448. The fourth-order valence-corrected chi connectivity index (χ4v) is 4.62. The molecule has 0 bridgehead atoms. The summed E-state index contributed by atoms with van der Waals surface area (Å²) in [6, 6.07) is 11.8. The van der Waals surface area contributed by atoms with E-state index in [-0.39, 0.29) is 6.04 Å². The van der Waals surface area contributed by atoms with Gasteiger partial charge in [-0.3, -0.25) is 4.79 Å². The molecule has 1 aromatic carbocycles. The van der Waals surface area contributed by atoms with Gasteiger partial charge in [0.15, 0.2) is 0 Å². The van der Waals surface area contributed by atoms with Crippen molar-refractivity contribution in [2.24, 2.45) is 0 Å². The van der Waals surface area contributed by atoms with E-state index in [9.17, 15) is 9.59 Å². The Bertz CT molecular complexity index is 1180. The lowest BCUT2D eigenvalue weighted by Crippen LogP contribution is -2.40. The van der Waals surface area contributed by atoms with Gasteiger partial charge in [0, 0.05) is 26.3 Å². The molecule has 2 aliphatic rings. The van der Waals surface area contributed by atoms with Crippen LogP contribution in [0.15, 0.2) is 59.6 Å². The minimum absolute atomic E-state index is 0.0427. The van der Waals surface area contributed by atoms with E-state index >= 15 is 0 Å². The smallest absolute Gasteiger partial charge is 0.407 e. The first-order valence-corrected chi connectivity index (χ1v) is 13.2. The van der Waals surface area contributed by atoms with Crippen LogP contribution >= 0.6 is 0 Å². The highest BCUT2D eigenvalue weighted by Gasteiger charge is 2.28. The number of ether oxygens (including phenoxy) is 1. The lowest BCUT2D eigenvalue weighted by Gasteiger charge is -2.29. The summed E-state index contributed by atoms with van der Waals surface area (Å²) < 4.78 is 5.39. The van der Waals surface area contributed by atoms with Crippen LogP contribution in [0.4, 0.5) is 10.7 Å². The summed E-state index contributed by atoms with van der Waals surface area (Å²) in [5, 5.41) is 6.28. The number of allylic oxidation sites excluding steroid dienone is 1. The van der Waals surface area contributed by atoms with Crippen molar-refractivity contribution >= 4 is 24.5 Å². The first-order valence-electron chi connectivity index (χ1n) is 13.2. The molecule has 4 rings (SSSR count). The Morgan fingerprint density at radius 1 is 1.21 bits per heavy atom. The highest BCUT2D eigenvalue weighted by Crippen LogP contribution is 2.32. The number of amides is 2. The van der Waals surface area contributed by atoms with Crippen molar-refractivity contribution in [1.29, 1.82) is 0 Å². The lowest BCUT2D eigenvalue weighted by molar-refractivity contribution is -0.116. The molecule has 202 valence electrons. The van der Waals surface area contributed by atoms with Gasteiger partial charge in [0.1, 0.15) is 5.60 Å². The van der Waals surface area contributed by atoms with E-state index in [1.165, 1.54) is 5.57 Å². The van der Waals surface area contributed by atoms with E-state index in [1.54, 1.807) is 11.1 Å². The molecule has 2 fully saturated rings. The molecule has 38 heavy (non-hydrogen) atoms. The molecular weight excluding hydrogens is 480 g/mol. The molecule has 2 amide bonds. The van der Waals surface area contributed by atoms with Crippen molar-refractivity contribution in [2.75, 3.05) is 25.0 Å². The predicted octanol–water partition coefficient (Wildman–Crippen LogP) is 4.24. The van der Waals surface area contributed by atoms with E-state index in [2.05, 4.69) is 20.5 Å². The van der Waals surface area contributed by atoms with Gasteiger partial charge in [-0.2, -0.15) is 0 Å². The normalized spacial score (nSPS) is 17.5. The van der Waals surface area contributed by atoms with Gasteiger partial charge in [0.2, 0.25) is 12.4 Å². The standard InChI is InChI=1S/C29H38N6O3/c1-29(2,3)38-28(37)33-24-14-16-34(19-24)27-31-15-13-23(32-27)17-25(26(30-4)22-11-8-12-22)35(20-36)18-21-9-6-5-7-10-21/h5-7,9-10,13,15,17,20,24,30H,8,11-12,14,16,18-19H2,1-4H3,(H,33,37)/b25-17-. The second-order valence-corrected chi connectivity index (χ2v) is 10.7. The van der Waals surface area contributed by atoms with Gasteiger partial charge in [0.05, 0.1) is 29.7 Å². The van der Waals surface area contributed by atoms with Gasteiger partial charge >= 0.3 is 6.09 Å². The van der Waals surface area contributed by atoms with E-state index in [4.69, 9.17) is 9.72 Å². The lowest BCUT2D eigenvalue weighted by atomic mass is 9.89. The van der Waals surface area contributed by atoms with Crippen molar-refractivity contribution in [1.82, 2.24) is 25.5 Å². The van der Waals surface area contributed by atoms with E-state index < -0.39 is 11.7 Å². The van der Waals surface area contributed by atoms with Crippen LogP contribution < -0.4 is 15.5 Å². The minimum Gasteiger partial charge on any atom is -0.444 e. The molecule has 9 heteroatoms. The Kier molecular flexibility index (Phi) is 8.66. The number of anilines is 1. The molecule has 0 spiro atoms. The Hall–Kier alpha value is -3.88. The Labute approximate surface area is 225 Å². The molecule has 2 aromatic rings. The van der Waals surface area contributed by atoms with E-state index in [0.717, 1.165) is 55.6 Å². The van der Waals surface area contributed by atoms with E-state index in [1.807, 2.05) is 70.3 Å². The number of carbonyl (C=O) groups excluding carboxylic acids is 2. The number of alkyl carbamates (subject to hydrolysis) is 1. The van der Waals surface area contributed by atoms with Crippen molar-refractivity contribution in [3.8, 4) is 0 Å². The largest absolute Gasteiger partial charge is 0.444 e. The second kappa shape index (κ2) is 12.1. The summed E-state index contributed by atoms with van der Waals surface area (Å²) in [5.41, 5.74) is 4.29. The molecule has 1 aromatic heterocycles. The zero-order valence-electron chi connectivity index (χ0n) is 22.7. The number of nitrogens with zero attached hydrogens (tertiary/aromatic N) is 4. The summed E-state index contributed by atoms with van der Waals surface area (Å²) in [5.74, 6) is 0.592. The Morgan fingerprint density at radius 2 is 1.97 bits per heavy atom. The fourth-order valence-electron chi connectivity index (χ4n) is 4.62. The SMILES string of the molecule is CNC(=C1CCC1)/C(=C/c1ccnc(N2CCC(NC(=O)OC(C)(C)C)C2)n1)N(C=O)Cc1ccccc1. The number of likely N-dealkylation sites (N-methyl/N-ethyl adjacent to an activating group) is 1. The minimum atomic E-state index is -0.541. The first kappa shape index (κ1) is 27.2. The molecule has 1 saturated carbocycles. The van der Waals surface area contributed by atoms with Gasteiger partial charge in [-0.1, -0.05) is 30.3 Å². The average molecular weight is 519 g/mol. The number of nitrogens with one attached hydrogen (secondary N) is 2. The molecule has 2 heterocycles. The van der Waals surface area contributed by atoms with Crippen molar-refractivity contribution < 1.29 is 14.3 Å². The monoisotopic (exact) mass is 518 g/mol. The third kappa shape index (κ3) is 7.12. The number of rotatable bonds is 9. The van der Waals surface area contributed by atoms with Gasteiger partial charge in [0.25, 0.3) is 0 Å². The Morgan fingerprint density at radius 3 is 2.61 bits per heavy atom. The van der Waals surface area contributed by atoms with Gasteiger partial charge in [-0.05, 0) is 69.7 Å². The van der Waals surface area contributed by atoms with Crippen molar-refractivity contribution in [3.63, 3.8) is 0 Å². The van der Waals surface area contributed by atoms with Crippen molar-refractivity contribution in [2.45, 2.75) is 64.6 Å². The maximum Gasteiger partial charge on any atom is 0.407 e. The molecule has 9 nitrogen and oxygen atoms in total. The Balaban J connectivity index is 1.56. The predicted molar refractivity (Wildman–Crippen MR) is 148 cm³/mol. The maximum absolute atomic E-state index is 12.3. The van der Waals surface area contributed by atoms with Crippen LogP contribution in [0.2, 0.25) is 0 Å². The van der Waals surface area contributed by atoms with Crippen LogP contribution in [0.3, 0.4) is 0 Å². The second-order valence-electron chi connectivity index (χ2n) is 10.7. The van der Waals surface area contributed by atoms with Crippen LogP contribution in [-0.4, -0.2) is 59.2 Å². The zero-order chi connectivity index (χ0) is 27.1. The molecule has 1 unspecified atom stereocenters. The van der Waals surface area contributed by atoms with Gasteiger partial charge in [-0.25, -0.2) is 14.8 Å². The highest BCUT2D eigenvalue weighted by molar-refractivity contribution is 5.68. The van der Waals surface area contributed by atoms with Crippen LogP contribution in [-0.2, 0) is 16.1 Å². The number of carbonyl (C=O) groups is 2. The van der Waals surface area contributed by atoms with Crippen LogP contribution in [0.5, 0.6) is 0 Å². The number of hydrogen-bond acceptors (Lipinski definition) is 7. The summed E-state index contributed by atoms with van der Waals surface area (Å²) in [6.07, 6.45) is 8.11. The van der Waals surface area contributed by atoms with Crippen LogP contribution in [0, 0.1) is 0 Å². The first-order chi connectivity index (χ1) is 18.3. The molecule has 2 N–H and O–H groups in total. The quantitative estimate of drug-likeness (QED) is 0.479. The van der Waals surface area contributed by atoms with Gasteiger partial charge < -0.3 is 25.2 Å². The molecule has 1 saturated heterocycles. The maximum atomic E-state index is 12.3. The molecule has 1 aliphatic carbocycles. The molecule has 1 aliphatic heterocycles. The average Bonchev–Trinajstić information content (AvgIpc) is 3.31. The zero-order valence-corrected chi connectivity index (χ0v) is 22.7. The number of hydrogen-bond donors (Lipinski definition) is 2. The molecular formula is C29H38N6O3. The van der Waals surface area contributed by atoms with Gasteiger partial charge in [-0.15, -0.1) is 0 Å². The summed E-state index contributed by atoms with van der Waals surface area (Å²) in [4.78, 5) is 37.6. The van der Waals surface area contributed by atoms with E-state index in [0.29, 0.717) is 24.7 Å². The topological polar surface area (TPSA) is 99.7 Å². The number of aromatic nitrogens is 2. The van der Waals surface area contributed by atoms with Crippen LogP contribution in [0.1, 0.15) is 57.7 Å². The summed E-state index contributed by atoms with van der Waals surface area (Å²) in [7, 11) is 1.90. The third-order valence-corrected chi connectivity index (χ3v) is 6.59. The molecule has 1 atom stereocenters. The summed E-state index contributed by atoms with van der Waals surface area (Å²) >= 11 is 0. The van der Waals surface area contributed by atoms with Crippen LogP contribution in [0.25, 0.3) is 6.08 Å². The summed E-state index contributed by atoms with van der Waals surface area (Å²) in [6.45, 7) is 7.32.